The smallest absolute Gasteiger partial charge is 0.119 e. The number of methoxy groups -OCH3 is 2. The molecule has 1 N–H and O–H groups in total. The quantitative estimate of drug-likeness (QED) is 0.719. The van der Waals surface area contributed by atoms with E-state index in [2.05, 4.69) is 52.5 Å². The monoisotopic (exact) mass is 322 g/mol. The Kier molecular flexibility index (Phi) is 5.18. The van der Waals surface area contributed by atoms with E-state index >= 15 is 0 Å². The Bertz CT molecular complexity index is 761. The van der Waals surface area contributed by atoms with Gasteiger partial charge in [-0.05, 0) is 54.1 Å². The zero-order valence-corrected chi connectivity index (χ0v) is 14.0. The van der Waals surface area contributed by atoms with Gasteiger partial charge in [-0.2, -0.15) is 0 Å². The lowest BCUT2D eigenvalue weighted by Crippen LogP contribution is -2.15. The van der Waals surface area contributed by atoms with Crippen molar-refractivity contribution in [2.45, 2.75) is 13.1 Å². The first kappa shape index (κ1) is 16.1. The van der Waals surface area contributed by atoms with Gasteiger partial charge in [0.25, 0.3) is 0 Å². The van der Waals surface area contributed by atoms with Crippen LogP contribution in [0.25, 0.3) is 5.69 Å². The highest BCUT2D eigenvalue weighted by molar-refractivity contribution is 5.39. The third-order valence-corrected chi connectivity index (χ3v) is 3.98. The molecule has 4 heteroatoms. The summed E-state index contributed by atoms with van der Waals surface area (Å²) in [5, 5.41) is 3.49. The van der Waals surface area contributed by atoms with Gasteiger partial charge in [0.2, 0.25) is 0 Å². The summed E-state index contributed by atoms with van der Waals surface area (Å²) in [5.41, 5.74) is 3.58. The van der Waals surface area contributed by atoms with E-state index in [0.29, 0.717) is 0 Å². The molecule has 0 saturated heterocycles. The van der Waals surface area contributed by atoms with E-state index in [1.54, 1.807) is 14.2 Å². The third kappa shape index (κ3) is 3.78. The summed E-state index contributed by atoms with van der Waals surface area (Å²) in [7, 11) is 3.36. The molecule has 124 valence electrons. The van der Waals surface area contributed by atoms with Crippen LogP contribution in [0.15, 0.2) is 66.9 Å². The largest absolute Gasteiger partial charge is 0.497 e. The van der Waals surface area contributed by atoms with Crippen LogP contribution in [0.4, 0.5) is 0 Å². The molecule has 0 spiro atoms. The average Bonchev–Trinajstić information content (AvgIpc) is 3.11. The minimum atomic E-state index is 0.797. The molecular formula is C20H22N2O2. The average molecular weight is 322 g/mol. The fourth-order valence-corrected chi connectivity index (χ4v) is 2.63. The molecule has 0 atom stereocenters. The maximum absolute atomic E-state index is 5.22. The predicted molar refractivity (Wildman–Crippen MR) is 95.9 cm³/mol. The number of nitrogens with one attached hydrogen (secondary N) is 1. The van der Waals surface area contributed by atoms with Gasteiger partial charge in [-0.25, -0.2) is 0 Å². The summed E-state index contributed by atoms with van der Waals surface area (Å²) in [6.45, 7) is 1.61. The zero-order chi connectivity index (χ0) is 16.8. The van der Waals surface area contributed by atoms with Gasteiger partial charge in [0, 0.05) is 30.7 Å². The predicted octanol–water partition coefficient (Wildman–Crippen LogP) is 3.78. The van der Waals surface area contributed by atoms with Gasteiger partial charge < -0.3 is 19.4 Å². The number of rotatable bonds is 7. The molecule has 0 saturated carbocycles. The highest BCUT2D eigenvalue weighted by Gasteiger charge is 2.04. The summed E-state index contributed by atoms with van der Waals surface area (Å²) in [5.74, 6) is 1.75. The Morgan fingerprint density at radius 3 is 2.04 bits per heavy atom. The molecule has 1 heterocycles. The summed E-state index contributed by atoms with van der Waals surface area (Å²) >= 11 is 0. The topological polar surface area (TPSA) is 35.4 Å². The molecule has 0 radical (unpaired) electrons. The molecule has 3 aromatic rings. The zero-order valence-electron chi connectivity index (χ0n) is 14.0. The molecule has 4 nitrogen and oxygen atoms in total. The Labute approximate surface area is 142 Å². The lowest BCUT2D eigenvalue weighted by atomic mass is 10.2. The molecule has 1 aromatic heterocycles. The number of hydrogen-bond acceptors (Lipinski definition) is 3. The van der Waals surface area contributed by atoms with Crippen molar-refractivity contribution < 1.29 is 9.47 Å². The second kappa shape index (κ2) is 7.70. The lowest BCUT2D eigenvalue weighted by molar-refractivity contribution is 0.414. The first-order valence-corrected chi connectivity index (χ1v) is 7.94. The standard InChI is InChI=1S/C20H22N2O2/c1-23-19-9-5-16(6-10-19)14-21-15-18-4-3-13-22(18)17-7-11-20(24-2)12-8-17/h3-13,21H,14-15H2,1-2H3. The van der Waals surface area contributed by atoms with Gasteiger partial charge >= 0.3 is 0 Å². The van der Waals surface area contributed by atoms with Crippen molar-refractivity contribution in [1.29, 1.82) is 0 Å². The van der Waals surface area contributed by atoms with Crippen molar-refractivity contribution in [2.24, 2.45) is 0 Å². The molecule has 0 unspecified atom stereocenters. The van der Waals surface area contributed by atoms with E-state index in [1.165, 1.54) is 11.3 Å². The Morgan fingerprint density at radius 1 is 0.792 bits per heavy atom. The fourth-order valence-electron chi connectivity index (χ4n) is 2.63. The number of aromatic nitrogens is 1. The van der Waals surface area contributed by atoms with Crippen molar-refractivity contribution in [3.05, 3.63) is 78.1 Å². The van der Waals surface area contributed by atoms with E-state index in [0.717, 1.165) is 30.3 Å². The van der Waals surface area contributed by atoms with Gasteiger partial charge in [0.1, 0.15) is 11.5 Å². The van der Waals surface area contributed by atoms with Crippen LogP contribution in [0.5, 0.6) is 11.5 Å². The molecule has 3 rings (SSSR count). The highest BCUT2D eigenvalue weighted by atomic mass is 16.5. The van der Waals surface area contributed by atoms with Crippen LogP contribution >= 0.6 is 0 Å². The lowest BCUT2D eigenvalue weighted by Gasteiger charge is -2.11. The van der Waals surface area contributed by atoms with Gasteiger partial charge in [0.05, 0.1) is 14.2 Å². The van der Waals surface area contributed by atoms with E-state index in [-0.39, 0.29) is 0 Å². The van der Waals surface area contributed by atoms with Crippen LogP contribution in [0.3, 0.4) is 0 Å². The molecule has 0 aliphatic heterocycles. The first-order chi connectivity index (χ1) is 11.8. The Morgan fingerprint density at radius 2 is 1.42 bits per heavy atom. The van der Waals surface area contributed by atoms with Crippen LogP contribution in [0, 0.1) is 0 Å². The van der Waals surface area contributed by atoms with E-state index in [4.69, 9.17) is 9.47 Å². The van der Waals surface area contributed by atoms with E-state index < -0.39 is 0 Å². The van der Waals surface area contributed by atoms with Crippen LogP contribution in [-0.4, -0.2) is 18.8 Å². The summed E-state index contributed by atoms with van der Waals surface area (Å²) in [6.07, 6.45) is 2.08. The molecule has 0 bridgehead atoms. The van der Waals surface area contributed by atoms with Crippen molar-refractivity contribution in [2.75, 3.05) is 14.2 Å². The van der Waals surface area contributed by atoms with Crippen molar-refractivity contribution in [3.8, 4) is 17.2 Å². The van der Waals surface area contributed by atoms with Gasteiger partial charge in [-0.15, -0.1) is 0 Å². The van der Waals surface area contributed by atoms with Crippen molar-refractivity contribution in [1.82, 2.24) is 9.88 Å². The molecule has 0 aliphatic rings. The Balaban J connectivity index is 1.62. The maximum Gasteiger partial charge on any atom is 0.119 e. The molecule has 24 heavy (non-hydrogen) atoms. The van der Waals surface area contributed by atoms with Gasteiger partial charge in [0.15, 0.2) is 0 Å². The number of nitrogens with zero attached hydrogens (tertiary/aromatic N) is 1. The number of ether oxygens (including phenoxy) is 2. The first-order valence-electron chi connectivity index (χ1n) is 7.94. The van der Waals surface area contributed by atoms with Crippen LogP contribution in [0.2, 0.25) is 0 Å². The fraction of sp³-hybridized carbons (Fsp3) is 0.200. The highest BCUT2D eigenvalue weighted by Crippen LogP contribution is 2.17. The Hall–Kier alpha value is -2.72. The second-order valence-corrected chi connectivity index (χ2v) is 5.52. The van der Waals surface area contributed by atoms with Gasteiger partial charge in [-0.1, -0.05) is 12.1 Å². The SMILES string of the molecule is COc1ccc(CNCc2cccn2-c2ccc(OC)cc2)cc1. The third-order valence-electron chi connectivity index (χ3n) is 3.98. The minimum Gasteiger partial charge on any atom is -0.497 e. The van der Waals surface area contributed by atoms with Crippen LogP contribution in [-0.2, 0) is 13.1 Å². The molecule has 2 aromatic carbocycles. The van der Waals surface area contributed by atoms with E-state index in [9.17, 15) is 0 Å². The van der Waals surface area contributed by atoms with Crippen LogP contribution < -0.4 is 14.8 Å². The molecule has 0 aliphatic carbocycles. The van der Waals surface area contributed by atoms with Crippen molar-refractivity contribution in [3.63, 3.8) is 0 Å². The minimum absolute atomic E-state index is 0.797. The number of benzene rings is 2. The van der Waals surface area contributed by atoms with Gasteiger partial charge in [-0.3, -0.25) is 0 Å². The molecular weight excluding hydrogens is 300 g/mol. The summed E-state index contributed by atoms with van der Waals surface area (Å²) < 4.78 is 12.6. The van der Waals surface area contributed by atoms with Crippen LogP contribution in [0.1, 0.15) is 11.3 Å². The normalized spacial score (nSPS) is 10.6. The molecule has 0 amide bonds. The number of hydrogen-bond donors (Lipinski definition) is 1. The molecule has 0 fully saturated rings. The van der Waals surface area contributed by atoms with E-state index in [1.807, 2.05) is 24.3 Å². The summed E-state index contributed by atoms with van der Waals surface area (Å²) in [6, 6.07) is 20.4. The van der Waals surface area contributed by atoms with Crippen molar-refractivity contribution >= 4 is 0 Å². The summed E-state index contributed by atoms with van der Waals surface area (Å²) in [4.78, 5) is 0. The maximum atomic E-state index is 5.22. The second-order valence-electron chi connectivity index (χ2n) is 5.52.